The quantitative estimate of drug-likeness (QED) is 0.901. The number of nitrogens with zero attached hydrogens (tertiary/aromatic N) is 2. The summed E-state index contributed by atoms with van der Waals surface area (Å²) in [5.41, 5.74) is 2.04. The van der Waals surface area contributed by atoms with E-state index in [0.717, 1.165) is 36.7 Å². The van der Waals surface area contributed by atoms with Crippen molar-refractivity contribution >= 4 is 22.8 Å². The van der Waals surface area contributed by atoms with Gasteiger partial charge in [-0.1, -0.05) is 37.8 Å². The predicted octanol–water partition coefficient (Wildman–Crippen LogP) is 3.66. The molecule has 2 aliphatic carbocycles. The lowest BCUT2D eigenvalue weighted by atomic mass is 10.2. The zero-order valence-electron chi connectivity index (χ0n) is 13.9. The van der Waals surface area contributed by atoms with Crippen LogP contribution in [0.2, 0.25) is 0 Å². The smallest absolute Gasteiger partial charge is 0.273 e. The van der Waals surface area contributed by atoms with E-state index in [4.69, 9.17) is 4.98 Å². The molecule has 1 aromatic heterocycles. The minimum Gasteiger partial charge on any atom is -0.365 e. The van der Waals surface area contributed by atoms with E-state index in [1.165, 1.54) is 25.7 Å². The van der Waals surface area contributed by atoms with Crippen molar-refractivity contribution in [2.24, 2.45) is 0 Å². The van der Waals surface area contributed by atoms with Crippen LogP contribution in [0.1, 0.15) is 61.9 Å². The first-order valence-corrected chi connectivity index (χ1v) is 9.14. The molecule has 5 nitrogen and oxygen atoms in total. The van der Waals surface area contributed by atoms with Crippen LogP contribution in [-0.4, -0.2) is 28.0 Å². The third-order valence-electron chi connectivity index (χ3n) is 5.17. The molecule has 24 heavy (non-hydrogen) atoms. The van der Waals surface area contributed by atoms with Crippen molar-refractivity contribution in [3.63, 3.8) is 0 Å². The molecule has 0 radical (unpaired) electrons. The van der Waals surface area contributed by atoms with Gasteiger partial charge in [0, 0.05) is 12.1 Å². The minimum atomic E-state index is -0.0966. The van der Waals surface area contributed by atoms with E-state index in [1.807, 2.05) is 24.3 Å². The second-order valence-electron chi connectivity index (χ2n) is 6.99. The molecule has 2 N–H and O–H groups in total. The van der Waals surface area contributed by atoms with E-state index in [0.29, 0.717) is 17.6 Å². The Kier molecular flexibility index (Phi) is 4.32. The van der Waals surface area contributed by atoms with Crippen LogP contribution in [0, 0.1) is 0 Å². The number of carbonyl (C=O) groups excluding carboxylic acids is 1. The Hall–Kier alpha value is -2.17. The highest BCUT2D eigenvalue weighted by Crippen LogP contribution is 2.25. The Labute approximate surface area is 142 Å². The summed E-state index contributed by atoms with van der Waals surface area (Å²) < 4.78 is 0. The van der Waals surface area contributed by atoms with Gasteiger partial charge >= 0.3 is 0 Å². The second kappa shape index (κ2) is 6.75. The average Bonchev–Trinajstić information content (AvgIpc) is 3.28. The van der Waals surface area contributed by atoms with Gasteiger partial charge in [-0.3, -0.25) is 4.79 Å². The van der Waals surface area contributed by atoms with Gasteiger partial charge in [-0.25, -0.2) is 9.97 Å². The minimum absolute atomic E-state index is 0.0966. The second-order valence-corrected chi connectivity index (χ2v) is 6.99. The molecule has 0 saturated heterocycles. The molecule has 1 amide bonds. The van der Waals surface area contributed by atoms with Crippen LogP contribution in [0.25, 0.3) is 11.0 Å². The predicted molar refractivity (Wildman–Crippen MR) is 95.1 cm³/mol. The van der Waals surface area contributed by atoms with Crippen molar-refractivity contribution < 1.29 is 4.79 Å². The highest BCUT2D eigenvalue weighted by molar-refractivity contribution is 5.99. The molecule has 5 heteroatoms. The van der Waals surface area contributed by atoms with Crippen molar-refractivity contribution in [3.05, 3.63) is 30.0 Å². The Morgan fingerprint density at radius 1 is 0.875 bits per heavy atom. The highest BCUT2D eigenvalue weighted by Gasteiger charge is 2.24. The van der Waals surface area contributed by atoms with Crippen LogP contribution in [0.4, 0.5) is 5.82 Å². The van der Waals surface area contributed by atoms with Crippen molar-refractivity contribution in [2.75, 3.05) is 5.32 Å². The fraction of sp³-hybridized carbons (Fsp3) is 0.526. The van der Waals surface area contributed by atoms with Crippen LogP contribution in [0.3, 0.4) is 0 Å². The summed E-state index contributed by atoms with van der Waals surface area (Å²) in [7, 11) is 0. The number of carbonyl (C=O) groups is 1. The lowest BCUT2D eigenvalue weighted by molar-refractivity contribution is 0.0933. The number of rotatable bonds is 4. The molecular weight excluding hydrogens is 300 g/mol. The van der Waals surface area contributed by atoms with Gasteiger partial charge in [0.2, 0.25) is 0 Å². The summed E-state index contributed by atoms with van der Waals surface area (Å²) in [6.07, 6.45) is 9.28. The van der Waals surface area contributed by atoms with Gasteiger partial charge in [0.25, 0.3) is 5.91 Å². The molecule has 2 saturated carbocycles. The lowest BCUT2D eigenvalue weighted by Gasteiger charge is -2.17. The SMILES string of the molecule is O=C(NC1CCCC1)c1nc2ccccc2nc1NC1CCCC1. The summed E-state index contributed by atoms with van der Waals surface area (Å²) in [4.78, 5) is 22.1. The van der Waals surface area contributed by atoms with Crippen LogP contribution >= 0.6 is 0 Å². The van der Waals surface area contributed by atoms with E-state index in [9.17, 15) is 4.79 Å². The molecule has 2 aliphatic rings. The highest BCUT2D eigenvalue weighted by atomic mass is 16.2. The first-order valence-electron chi connectivity index (χ1n) is 9.14. The van der Waals surface area contributed by atoms with Crippen LogP contribution in [-0.2, 0) is 0 Å². The average molecular weight is 324 g/mol. The molecule has 0 unspecified atom stereocenters. The molecule has 2 aromatic rings. The summed E-state index contributed by atoms with van der Waals surface area (Å²) in [6, 6.07) is 8.42. The summed E-state index contributed by atoms with van der Waals surface area (Å²) >= 11 is 0. The number of anilines is 1. The molecule has 0 spiro atoms. The number of fused-ring (bicyclic) bond motifs is 1. The van der Waals surface area contributed by atoms with Crippen molar-refractivity contribution in [1.82, 2.24) is 15.3 Å². The number of para-hydroxylation sites is 2. The lowest BCUT2D eigenvalue weighted by Crippen LogP contribution is -2.34. The van der Waals surface area contributed by atoms with E-state index in [1.54, 1.807) is 0 Å². The van der Waals surface area contributed by atoms with Gasteiger partial charge in [0.1, 0.15) is 0 Å². The van der Waals surface area contributed by atoms with E-state index in [2.05, 4.69) is 15.6 Å². The van der Waals surface area contributed by atoms with Crippen molar-refractivity contribution in [2.45, 2.75) is 63.5 Å². The molecule has 2 fully saturated rings. The van der Waals surface area contributed by atoms with Gasteiger partial charge in [-0.2, -0.15) is 0 Å². The summed E-state index contributed by atoms with van der Waals surface area (Å²) in [5, 5.41) is 6.62. The Morgan fingerprint density at radius 2 is 1.46 bits per heavy atom. The molecule has 1 aromatic carbocycles. The zero-order chi connectivity index (χ0) is 16.4. The Balaban J connectivity index is 1.65. The number of hydrogen-bond acceptors (Lipinski definition) is 4. The molecule has 126 valence electrons. The fourth-order valence-electron chi connectivity index (χ4n) is 3.85. The number of benzene rings is 1. The van der Waals surface area contributed by atoms with Crippen LogP contribution < -0.4 is 10.6 Å². The zero-order valence-corrected chi connectivity index (χ0v) is 13.9. The molecule has 1 heterocycles. The number of aromatic nitrogens is 2. The van der Waals surface area contributed by atoms with E-state index in [-0.39, 0.29) is 11.9 Å². The standard InChI is InChI=1S/C19H24N4O/c24-19(21-14-9-3-4-10-14)17-18(20-13-7-1-2-8-13)23-16-12-6-5-11-15(16)22-17/h5-6,11-14H,1-4,7-10H2,(H,20,23)(H,21,24). The van der Waals surface area contributed by atoms with Gasteiger partial charge < -0.3 is 10.6 Å². The largest absolute Gasteiger partial charge is 0.365 e. The first kappa shape index (κ1) is 15.4. The number of hydrogen-bond donors (Lipinski definition) is 2. The third kappa shape index (κ3) is 3.21. The van der Waals surface area contributed by atoms with E-state index < -0.39 is 0 Å². The summed E-state index contributed by atoms with van der Waals surface area (Å²) in [5.74, 6) is 0.539. The van der Waals surface area contributed by atoms with Crippen LogP contribution in [0.15, 0.2) is 24.3 Å². The first-order chi connectivity index (χ1) is 11.8. The van der Waals surface area contributed by atoms with Crippen LogP contribution in [0.5, 0.6) is 0 Å². The molecule has 0 atom stereocenters. The molecule has 0 aliphatic heterocycles. The van der Waals surface area contributed by atoms with Crippen molar-refractivity contribution in [1.29, 1.82) is 0 Å². The van der Waals surface area contributed by atoms with Gasteiger partial charge in [-0.05, 0) is 37.8 Å². The maximum atomic E-state index is 12.8. The fourth-order valence-corrected chi connectivity index (χ4v) is 3.85. The molecular formula is C19H24N4O. The maximum Gasteiger partial charge on any atom is 0.273 e. The monoisotopic (exact) mass is 324 g/mol. The van der Waals surface area contributed by atoms with Crippen molar-refractivity contribution in [3.8, 4) is 0 Å². The molecule has 0 bridgehead atoms. The topological polar surface area (TPSA) is 66.9 Å². The van der Waals surface area contributed by atoms with E-state index >= 15 is 0 Å². The molecule has 4 rings (SSSR count). The number of amides is 1. The number of nitrogens with one attached hydrogen (secondary N) is 2. The summed E-state index contributed by atoms with van der Waals surface area (Å²) in [6.45, 7) is 0. The maximum absolute atomic E-state index is 12.8. The normalized spacial score (nSPS) is 19.0. The van der Waals surface area contributed by atoms with Gasteiger partial charge in [-0.15, -0.1) is 0 Å². The third-order valence-corrected chi connectivity index (χ3v) is 5.17. The van der Waals surface area contributed by atoms with Gasteiger partial charge in [0.15, 0.2) is 11.5 Å². The Bertz CT molecular complexity index is 733. The Morgan fingerprint density at radius 3 is 2.12 bits per heavy atom. The van der Waals surface area contributed by atoms with Gasteiger partial charge in [0.05, 0.1) is 11.0 Å².